The van der Waals surface area contributed by atoms with Crippen molar-refractivity contribution in [1.82, 2.24) is 9.55 Å². The van der Waals surface area contributed by atoms with Gasteiger partial charge in [0.05, 0.1) is 6.54 Å². The van der Waals surface area contributed by atoms with Crippen molar-refractivity contribution in [2.45, 2.75) is 32.7 Å². The van der Waals surface area contributed by atoms with Gasteiger partial charge in [-0.25, -0.2) is 4.79 Å². The zero-order valence-electron chi connectivity index (χ0n) is 9.16. The van der Waals surface area contributed by atoms with E-state index in [4.69, 9.17) is 0 Å². The Bertz CT molecular complexity index is 523. The van der Waals surface area contributed by atoms with E-state index < -0.39 is 5.69 Å². The van der Waals surface area contributed by atoms with Crippen LogP contribution in [0.4, 0.5) is 0 Å². The maximum absolute atomic E-state index is 11.6. The van der Waals surface area contributed by atoms with Crippen LogP contribution in [0.3, 0.4) is 0 Å². The van der Waals surface area contributed by atoms with E-state index in [1.807, 2.05) is 6.92 Å². The van der Waals surface area contributed by atoms with E-state index in [-0.39, 0.29) is 23.8 Å². The molecule has 1 N–H and O–H groups in total. The van der Waals surface area contributed by atoms with E-state index in [2.05, 4.69) is 4.98 Å². The second-order valence-electron chi connectivity index (χ2n) is 4.14. The van der Waals surface area contributed by atoms with Crippen molar-refractivity contribution >= 4 is 5.78 Å². The molecule has 1 aromatic heterocycles. The van der Waals surface area contributed by atoms with E-state index >= 15 is 0 Å². The molecule has 1 aliphatic carbocycles. The number of Topliss-reactive ketones (excluding diaryl/α,β-unsaturated/α-hetero) is 1. The fourth-order valence-electron chi connectivity index (χ4n) is 1.63. The highest BCUT2D eigenvalue weighted by molar-refractivity contribution is 5.82. The molecule has 0 saturated heterocycles. The summed E-state index contributed by atoms with van der Waals surface area (Å²) >= 11 is 0. The second kappa shape index (κ2) is 4.08. The molecule has 0 unspecified atom stereocenters. The lowest BCUT2D eigenvalue weighted by Gasteiger charge is -2.05. The number of ketones is 1. The number of carbonyl (C=O) groups is 1. The molecular formula is C11H14N2O3. The van der Waals surface area contributed by atoms with E-state index in [1.165, 1.54) is 10.8 Å². The second-order valence-corrected chi connectivity index (χ2v) is 4.14. The number of rotatable bonds is 4. The van der Waals surface area contributed by atoms with Crippen LogP contribution in [-0.4, -0.2) is 15.3 Å². The Labute approximate surface area is 92.1 Å². The number of aryl methyl sites for hydroxylation is 1. The monoisotopic (exact) mass is 222 g/mol. The molecule has 1 heterocycles. The van der Waals surface area contributed by atoms with E-state index in [0.717, 1.165) is 12.8 Å². The number of H-pyrrole nitrogens is 1. The minimum atomic E-state index is -0.504. The van der Waals surface area contributed by atoms with Crippen molar-refractivity contribution in [2.75, 3.05) is 0 Å². The number of hydrogen-bond donors (Lipinski definition) is 1. The molecule has 1 fully saturated rings. The molecule has 1 saturated carbocycles. The van der Waals surface area contributed by atoms with Gasteiger partial charge in [-0.3, -0.25) is 19.1 Å². The van der Waals surface area contributed by atoms with Gasteiger partial charge in [0, 0.05) is 17.7 Å². The molecule has 0 aromatic carbocycles. The quantitative estimate of drug-likeness (QED) is 0.784. The molecular weight excluding hydrogens is 208 g/mol. The van der Waals surface area contributed by atoms with Gasteiger partial charge in [0.1, 0.15) is 0 Å². The largest absolute Gasteiger partial charge is 0.328 e. The van der Waals surface area contributed by atoms with Crippen LogP contribution in [-0.2, 0) is 17.8 Å². The van der Waals surface area contributed by atoms with Crippen molar-refractivity contribution in [3.63, 3.8) is 0 Å². The number of nitrogens with zero attached hydrogens (tertiary/aromatic N) is 1. The van der Waals surface area contributed by atoms with Gasteiger partial charge in [0.2, 0.25) is 0 Å². The summed E-state index contributed by atoms with van der Waals surface area (Å²) < 4.78 is 1.29. The normalized spacial score (nSPS) is 15.1. The summed E-state index contributed by atoms with van der Waals surface area (Å²) in [6.07, 6.45) is 3.89. The predicted molar refractivity (Wildman–Crippen MR) is 58.4 cm³/mol. The van der Waals surface area contributed by atoms with Crippen LogP contribution in [0.25, 0.3) is 0 Å². The molecule has 0 aliphatic heterocycles. The fourth-order valence-corrected chi connectivity index (χ4v) is 1.63. The van der Waals surface area contributed by atoms with Crippen molar-refractivity contribution in [2.24, 2.45) is 5.92 Å². The van der Waals surface area contributed by atoms with Crippen LogP contribution in [0.5, 0.6) is 0 Å². The number of carbonyl (C=O) groups excluding carboxylic acids is 1. The summed E-state index contributed by atoms with van der Waals surface area (Å²) in [7, 11) is 0. The first-order valence-electron chi connectivity index (χ1n) is 5.47. The minimum Gasteiger partial charge on any atom is -0.297 e. The molecule has 5 nitrogen and oxygen atoms in total. The van der Waals surface area contributed by atoms with Gasteiger partial charge >= 0.3 is 5.69 Å². The van der Waals surface area contributed by atoms with Gasteiger partial charge in [0.25, 0.3) is 5.56 Å². The fraction of sp³-hybridized carbons (Fsp3) is 0.545. The molecule has 5 heteroatoms. The molecule has 1 aromatic rings. The maximum Gasteiger partial charge on any atom is 0.328 e. The zero-order chi connectivity index (χ0) is 11.7. The first-order valence-corrected chi connectivity index (χ1v) is 5.47. The zero-order valence-corrected chi connectivity index (χ0v) is 9.16. The number of nitrogens with one attached hydrogen (secondary N) is 1. The third-order valence-electron chi connectivity index (χ3n) is 2.82. The SMILES string of the molecule is CCc1cn(CC(=O)C2CC2)c(=O)[nH]c1=O. The molecule has 0 amide bonds. The Kier molecular flexibility index (Phi) is 2.77. The molecule has 0 atom stereocenters. The van der Waals surface area contributed by atoms with Crippen molar-refractivity contribution in [3.8, 4) is 0 Å². The number of aromatic amines is 1. The third kappa shape index (κ3) is 2.13. The lowest BCUT2D eigenvalue weighted by molar-refractivity contribution is -0.120. The van der Waals surface area contributed by atoms with Crippen LogP contribution >= 0.6 is 0 Å². The Balaban J connectivity index is 2.29. The van der Waals surface area contributed by atoms with Gasteiger partial charge in [-0.2, -0.15) is 0 Å². The Morgan fingerprint density at radius 3 is 2.75 bits per heavy atom. The average Bonchev–Trinajstić information content (AvgIpc) is 3.05. The van der Waals surface area contributed by atoms with Crippen molar-refractivity contribution < 1.29 is 4.79 Å². The average molecular weight is 222 g/mol. The molecule has 16 heavy (non-hydrogen) atoms. The summed E-state index contributed by atoms with van der Waals surface area (Å²) in [4.78, 5) is 36.5. The smallest absolute Gasteiger partial charge is 0.297 e. The topological polar surface area (TPSA) is 71.9 Å². The number of aromatic nitrogens is 2. The molecule has 0 radical (unpaired) electrons. The van der Waals surface area contributed by atoms with Crippen molar-refractivity contribution in [1.29, 1.82) is 0 Å². The summed E-state index contributed by atoms with van der Waals surface area (Å²) in [5.41, 5.74) is -0.331. The van der Waals surface area contributed by atoms with Crippen LogP contribution in [0.15, 0.2) is 15.8 Å². The highest BCUT2D eigenvalue weighted by atomic mass is 16.2. The standard InChI is InChI=1S/C11H14N2O3/c1-2-7-5-13(11(16)12-10(7)15)6-9(14)8-3-4-8/h5,8H,2-4,6H2,1H3,(H,12,15,16). The minimum absolute atomic E-state index is 0.0767. The van der Waals surface area contributed by atoms with Gasteiger partial charge in [0.15, 0.2) is 5.78 Å². The maximum atomic E-state index is 11.6. The van der Waals surface area contributed by atoms with E-state index in [1.54, 1.807) is 0 Å². The lowest BCUT2D eigenvalue weighted by atomic mass is 10.2. The Morgan fingerprint density at radius 1 is 1.50 bits per heavy atom. The Hall–Kier alpha value is -1.65. The molecule has 2 rings (SSSR count). The number of hydrogen-bond acceptors (Lipinski definition) is 3. The first kappa shape index (κ1) is 10.9. The van der Waals surface area contributed by atoms with E-state index in [9.17, 15) is 14.4 Å². The Morgan fingerprint density at radius 2 is 2.19 bits per heavy atom. The summed E-state index contributed by atoms with van der Waals surface area (Å²) in [6, 6.07) is 0. The van der Waals surface area contributed by atoms with Crippen LogP contribution in [0.2, 0.25) is 0 Å². The summed E-state index contributed by atoms with van der Waals surface area (Å²) in [5, 5.41) is 0. The molecule has 0 bridgehead atoms. The van der Waals surface area contributed by atoms with Crippen LogP contribution in [0, 0.1) is 5.92 Å². The predicted octanol–water partition coefficient (Wildman–Crippen LogP) is 0.0781. The molecule has 0 spiro atoms. The van der Waals surface area contributed by atoms with Gasteiger partial charge < -0.3 is 0 Å². The van der Waals surface area contributed by atoms with E-state index in [0.29, 0.717) is 12.0 Å². The highest BCUT2D eigenvalue weighted by Crippen LogP contribution is 2.29. The third-order valence-corrected chi connectivity index (χ3v) is 2.82. The van der Waals surface area contributed by atoms with Gasteiger partial charge in [-0.05, 0) is 19.3 Å². The molecule has 86 valence electrons. The van der Waals surface area contributed by atoms with Crippen molar-refractivity contribution in [3.05, 3.63) is 32.6 Å². The summed E-state index contributed by atoms with van der Waals surface area (Å²) in [6.45, 7) is 1.91. The van der Waals surface area contributed by atoms with Crippen LogP contribution < -0.4 is 11.2 Å². The lowest BCUT2D eigenvalue weighted by Crippen LogP contribution is -2.33. The highest BCUT2D eigenvalue weighted by Gasteiger charge is 2.29. The van der Waals surface area contributed by atoms with Gasteiger partial charge in [-0.15, -0.1) is 0 Å². The molecule has 1 aliphatic rings. The van der Waals surface area contributed by atoms with Crippen LogP contribution in [0.1, 0.15) is 25.3 Å². The first-order chi connectivity index (χ1) is 7.61. The van der Waals surface area contributed by atoms with Gasteiger partial charge in [-0.1, -0.05) is 6.92 Å². The summed E-state index contributed by atoms with van der Waals surface area (Å²) in [5.74, 6) is 0.208.